The number of nitrogens with one attached hydrogen (secondary N) is 2. The monoisotopic (exact) mass is 329 g/mol. The molecule has 0 aromatic carbocycles. The van der Waals surface area contributed by atoms with Crippen molar-refractivity contribution in [2.24, 2.45) is 7.05 Å². The summed E-state index contributed by atoms with van der Waals surface area (Å²) in [4.78, 5) is 15.0. The van der Waals surface area contributed by atoms with E-state index in [2.05, 4.69) is 15.2 Å². The number of hydrogen-bond acceptors (Lipinski definition) is 9. The molecule has 23 heavy (non-hydrogen) atoms. The van der Waals surface area contributed by atoms with Gasteiger partial charge in [0.1, 0.15) is 11.8 Å². The van der Waals surface area contributed by atoms with Gasteiger partial charge in [-0.15, -0.1) is 0 Å². The van der Waals surface area contributed by atoms with Gasteiger partial charge in [0.15, 0.2) is 17.5 Å². The lowest BCUT2D eigenvalue weighted by Gasteiger charge is -2.31. The van der Waals surface area contributed by atoms with Gasteiger partial charge in [0.2, 0.25) is 0 Å². The number of methoxy groups -OCH3 is 1. The lowest BCUT2D eigenvalue weighted by atomic mass is 10.1. The van der Waals surface area contributed by atoms with Gasteiger partial charge in [-0.05, 0) is 0 Å². The van der Waals surface area contributed by atoms with E-state index >= 15 is 0 Å². The quantitative estimate of drug-likeness (QED) is 0.265. The van der Waals surface area contributed by atoms with E-state index in [-0.39, 0.29) is 18.8 Å². The lowest BCUT2D eigenvalue weighted by molar-refractivity contribution is -0.277. The second kappa shape index (κ2) is 7.70. The number of aliphatic hydroxyl groups is 2. The van der Waals surface area contributed by atoms with Crippen molar-refractivity contribution in [3.8, 4) is 0 Å². The maximum Gasteiger partial charge on any atom is 0.161 e. The van der Waals surface area contributed by atoms with Crippen molar-refractivity contribution in [1.29, 1.82) is 5.41 Å². The fourth-order valence-electron chi connectivity index (χ4n) is 2.44. The van der Waals surface area contributed by atoms with Gasteiger partial charge in [-0.25, -0.2) is 14.8 Å². The molecule has 4 N–H and O–H groups in total. The van der Waals surface area contributed by atoms with Gasteiger partial charge in [0, 0.05) is 20.6 Å². The number of fused-ring (bicyclic) bond motifs is 1. The zero-order chi connectivity index (χ0) is 17.0. The summed E-state index contributed by atoms with van der Waals surface area (Å²) < 4.78 is 6.77. The molecule has 1 aliphatic rings. The van der Waals surface area contributed by atoms with Crippen molar-refractivity contribution in [1.82, 2.24) is 9.55 Å². The van der Waals surface area contributed by atoms with Gasteiger partial charge in [0.05, 0.1) is 32.8 Å². The Morgan fingerprint density at radius 3 is 2.83 bits per heavy atom. The molecular formula is C13H23N5O5. The lowest BCUT2D eigenvalue weighted by Crippen LogP contribution is -2.49. The highest BCUT2D eigenvalue weighted by Gasteiger charge is 2.35. The number of rotatable bonds is 8. The van der Waals surface area contributed by atoms with Crippen molar-refractivity contribution in [3.63, 3.8) is 0 Å². The van der Waals surface area contributed by atoms with Crippen molar-refractivity contribution in [2.75, 3.05) is 37.7 Å². The van der Waals surface area contributed by atoms with E-state index < -0.39 is 18.4 Å². The highest BCUT2D eigenvalue weighted by molar-refractivity contribution is 5.69. The third kappa shape index (κ3) is 3.62. The summed E-state index contributed by atoms with van der Waals surface area (Å²) in [5, 5.41) is 31.8. The zero-order valence-electron chi connectivity index (χ0n) is 13.4. The van der Waals surface area contributed by atoms with Crippen LogP contribution in [0.3, 0.4) is 0 Å². The van der Waals surface area contributed by atoms with Gasteiger partial charge in [-0.2, -0.15) is 0 Å². The smallest absolute Gasteiger partial charge is 0.161 e. The first-order valence-electron chi connectivity index (χ1n) is 7.16. The van der Waals surface area contributed by atoms with Crippen molar-refractivity contribution in [2.45, 2.75) is 24.9 Å². The zero-order valence-corrected chi connectivity index (χ0v) is 13.4. The first-order chi connectivity index (χ1) is 11.0. The minimum atomic E-state index is -1.24. The van der Waals surface area contributed by atoms with Gasteiger partial charge in [-0.1, -0.05) is 0 Å². The molecule has 3 atom stereocenters. The van der Waals surface area contributed by atoms with Crippen LogP contribution in [0.5, 0.6) is 0 Å². The van der Waals surface area contributed by atoms with Crippen LogP contribution in [-0.4, -0.2) is 65.7 Å². The molecule has 0 spiro atoms. The molecule has 1 aliphatic heterocycles. The Kier molecular flexibility index (Phi) is 5.91. The average Bonchev–Trinajstić information content (AvgIpc) is 2.98. The minimum absolute atomic E-state index is 0.221. The summed E-state index contributed by atoms with van der Waals surface area (Å²) in [6.45, 7) is 0.458. The van der Waals surface area contributed by atoms with E-state index in [0.717, 1.165) is 0 Å². The maximum atomic E-state index is 10.5. The largest absolute Gasteiger partial charge is 0.386 e. The van der Waals surface area contributed by atoms with E-state index in [0.29, 0.717) is 17.9 Å². The number of nitrogens with zero attached hydrogens (tertiary/aromatic N) is 3. The Morgan fingerprint density at radius 1 is 1.43 bits per heavy atom. The van der Waals surface area contributed by atoms with Crippen LogP contribution in [-0.2, 0) is 21.6 Å². The SMILES string of the molecule is COOCCC(OC)C(O)C(O)N1CNc2c1ncn(C)c2=N. The molecule has 10 nitrogen and oxygen atoms in total. The molecule has 0 aliphatic carbocycles. The predicted molar refractivity (Wildman–Crippen MR) is 80.4 cm³/mol. The van der Waals surface area contributed by atoms with Gasteiger partial charge >= 0.3 is 0 Å². The van der Waals surface area contributed by atoms with Crippen LogP contribution in [0, 0.1) is 5.41 Å². The van der Waals surface area contributed by atoms with Crippen LogP contribution in [0.1, 0.15) is 6.42 Å². The molecule has 1 aromatic rings. The molecule has 10 heteroatoms. The standard InChI is InChI=1S/C13H23N5O5/c1-17-6-16-12-9(11(17)14)15-7-18(12)13(20)10(19)8(21-2)4-5-23-22-3/h6,8,10,13-15,19-20H,4-5,7H2,1-3H3. The van der Waals surface area contributed by atoms with Crippen molar-refractivity contribution < 1.29 is 24.7 Å². The highest BCUT2D eigenvalue weighted by Crippen LogP contribution is 2.27. The molecule has 0 fully saturated rings. The van der Waals surface area contributed by atoms with Crippen LogP contribution in [0.2, 0.25) is 0 Å². The summed E-state index contributed by atoms with van der Waals surface area (Å²) >= 11 is 0. The second-order valence-electron chi connectivity index (χ2n) is 5.16. The molecule has 1 aromatic heterocycles. The molecule has 0 bridgehead atoms. The van der Waals surface area contributed by atoms with E-state index in [9.17, 15) is 10.2 Å². The summed E-state index contributed by atoms with van der Waals surface area (Å²) in [5.74, 6) is 0.419. The van der Waals surface area contributed by atoms with Crippen LogP contribution in [0.15, 0.2) is 6.33 Å². The molecule has 2 rings (SSSR count). The topological polar surface area (TPSA) is 125 Å². The average molecular weight is 329 g/mol. The van der Waals surface area contributed by atoms with Crippen LogP contribution in [0.4, 0.5) is 11.5 Å². The molecular weight excluding hydrogens is 306 g/mol. The minimum Gasteiger partial charge on any atom is -0.386 e. The van der Waals surface area contributed by atoms with Gasteiger partial charge in [0.25, 0.3) is 0 Å². The summed E-state index contributed by atoms with van der Waals surface area (Å²) in [7, 11) is 4.55. The molecule has 0 radical (unpaired) electrons. The molecule has 0 saturated carbocycles. The van der Waals surface area contributed by atoms with Crippen LogP contribution < -0.4 is 15.7 Å². The number of anilines is 2. The number of ether oxygens (including phenoxy) is 1. The summed E-state index contributed by atoms with van der Waals surface area (Å²) in [5.41, 5.74) is 0.758. The Bertz CT molecular complexity index is 580. The fraction of sp³-hybridized carbons (Fsp3) is 0.692. The number of hydrogen-bond donors (Lipinski definition) is 4. The second-order valence-corrected chi connectivity index (χ2v) is 5.16. The van der Waals surface area contributed by atoms with Crippen LogP contribution >= 0.6 is 0 Å². The third-order valence-electron chi connectivity index (χ3n) is 3.78. The van der Waals surface area contributed by atoms with Gasteiger partial charge in [-0.3, -0.25) is 5.41 Å². The predicted octanol–water partition coefficient (Wildman–Crippen LogP) is -1.25. The fourth-order valence-corrected chi connectivity index (χ4v) is 2.44. The number of aryl methyl sites for hydroxylation is 1. The summed E-state index contributed by atoms with van der Waals surface area (Å²) in [6, 6.07) is 0. The van der Waals surface area contributed by atoms with Crippen LogP contribution in [0.25, 0.3) is 0 Å². The molecule has 130 valence electrons. The van der Waals surface area contributed by atoms with Crippen molar-refractivity contribution in [3.05, 3.63) is 11.8 Å². The molecule has 3 unspecified atom stereocenters. The van der Waals surface area contributed by atoms with E-state index in [1.54, 1.807) is 11.6 Å². The van der Waals surface area contributed by atoms with E-state index in [1.807, 2.05) is 0 Å². The first kappa shape index (κ1) is 17.6. The van der Waals surface area contributed by atoms with Crippen molar-refractivity contribution >= 4 is 11.5 Å². The first-order valence-corrected chi connectivity index (χ1v) is 7.16. The third-order valence-corrected chi connectivity index (χ3v) is 3.78. The number of aromatic nitrogens is 2. The Labute approximate surface area is 133 Å². The molecule has 0 saturated heterocycles. The Morgan fingerprint density at radius 2 is 2.17 bits per heavy atom. The van der Waals surface area contributed by atoms with Gasteiger partial charge < -0.3 is 29.7 Å². The summed E-state index contributed by atoms with van der Waals surface area (Å²) in [6.07, 6.45) is -1.23. The maximum absolute atomic E-state index is 10.5. The molecule has 0 amide bonds. The Balaban J connectivity index is 2.11. The number of aliphatic hydroxyl groups excluding tert-OH is 2. The normalized spacial score (nSPS) is 17.5. The highest BCUT2D eigenvalue weighted by atomic mass is 17.2. The molecule has 2 heterocycles. The Hall–Kier alpha value is -1.72. The van der Waals surface area contributed by atoms with E-state index in [4.69, 9.17) is 15.0 Å². The van der Waals surface area contributed by atoms with E-state index in [1.165, 1.54) is 25.4 Å².